The van der Waals surface area contributed by atoms with Gasteiger partial charge in [0.25, 0.3) is 5.56 Å². The van der Waals surface area contributed by atoms with Crippen LogP contribution in [0, 0.1) is 5.92 Å². The van der Waals surface area contributed by atoms with Gasteiger partial charge in [-0.3, -0.25) is 4.79 Å². The molecular weight excluding hydrogens is 288 g/mol. The van der Waals surface area contributed by atoms with Crippen LogP contribution >= 0.6 is 0 Å². The second kappa shape index (κ2) is 6.06. The van der Waals surface area contributed by atoms with Crippen molar-refractivity contribution < 1.29 is 4.74 Å². The SMILES string of the molecule is COCC12CNCC(Cn3c1cc(C1CCCCC1)cc3=O)C2. The molecule has 0 aromatic carbocycles. The lowest BCUT2D eigenvalue weighted by Crippen LogP contribution is -2.57. The Bertz CT molecular complexity index is 629. The van der Waals surface area contributed by atoms with Gasteiger partial charge in [-0.1, -0.05) is 19.3 Å². The number of hydrogen-bond donors (Lipinski definition) is 1. The smallest absolute Gasteiger partial charge is 0.251 e. The summed E-state index contributed by atoms with van der Waals surface area (Å²) in [6, 6.07) is 4.27. The van der Waals surface area contributed by atoms with E-state index in [9.17, 15) is 4.79 Å². The number of aromatic nitrogens is 1. The van der Waals surface area contributed by atoms with Crippen LogP contribution in [0.4, 0.5) is 0 Å². The lowest BCUT2D eigenvalue weighted by atomic mass is 9.70. The lowest BCUT2D eigenvalue weighted by Gasteiger charge is -2.47. The second-order valence-corrected chi connectivity index (χ2v) is 7.87. The minimum absolute atomic E-state index is 0.0280. The normalized spacial score (nSPS) is 30.9. The minimum atomic E-state index is -0.0280. The third-order valence-electron chi connectivity index (χ3n) is 6.21. The van der Waals surface area contributed by atoms with E-state index in [2.05, 4.69) is 11.4 Å². The standard InChI is InChI=1S/C19H28N2O2/c1-23-13-19-9-14(10-20-12-19)11-21-17(19)7-16(8-18(21)22)15-5-3-2-4-6-15/h7-8,14-15,20H,2-6,9-13H2,1H3. The fourth-order valence-electron chi connectivity index (χ4n) is 5.17. The molecule has 2 aliphatic heterocycles. The first-order chi connectivity index (χ1) is 11.2. The third-order valence-corrected chi connectivity index (χ3v) is 6.21. The Morgan fingerprint density at radius 2 is 2.13 bits per heavy atom. The molecule has 1 aromatic rings. The van der Waals surface area contributed by atoms with Gasteiger partial charge in [0.2, 0.25) is 0 Å². The number of hydrogen-bond acceptors (Lipinski definition) is 3. The Kier molecular flexibility index (Phi) is 4.06. The molecule has 2 bridgehead atoms. The molecule has 1 aliphatic carbocycles. The number of pyridine rings is 1. The Morgan fingerprint density at radius 3 is 2.91 bits per heavy atom. The van der Waals surface area contributed by atoms with Crippen molar-refractivity contribution in [2.45, 2.75) is 56.4 Å². The van der Waals surface area contributed by atoms with Crippen LogP contribution in [0.15, 0.2) is 16.9 Å². The van der Waals surface area contributed by atoms with Crippen LogP contribution in [0.3, 0.4) is 0 Å². The maximum Gasteiger partial charge on any atom is 0.251 e. The number of nitrogens with zero attached hydrogens (tertiary/aromatic N) is 1. The number of fused-ring (bicyclic) bond motifs is 4. The summed E-state index contributed by atoms with van der Waals surface area (Å²) >= 11 is 0. The van der Waals surface area contributed by atoms with Crippen molar-refractivity contribution >= 4 is 0 Å². The van der Waals surface area contributed by atoms with Crippen molar-refractivity contribution in [2.75, 3.05) is 26.8 Å². The number of rotatable bonds is 3. The Hall–Kier alpha value is -1.13. The molecule has 1 aromatic heterocycles. The van der Waals surface area contributed by atoms with Crippen LogP contribution in [0.1, 0.15) is 55.7 Å². The zero-order valence-corrected chi connectivity index (χ0v) is 14.1. The van der Waals surface area contributed by atoms with E-state index in [0.29, 0.717) is 18.4 Å². The first-order valence-corrected chi connectivity index (χ1v) is 9.17. The van der Waals surface area contributed by atoms with Gasteiger partial charge in [-0.05, 0) is 49.3 Å². The maximum absolute atomic E-state index is 12.8. The van der Waals surface area contributed by atoms with Crippen molar-refractivity contribution in [3.05, 3.63) is 33.7 Å². The van der Waals surface area contributed by atoms with Crippen molar-refractivity contribution in [3.63, 3.8) is 0 Å². The van der Waals surface area contributed by atoms with E-state index < -0.39 is 0 Å². The van der Waals surface area contributed by atoms with Crippen LogP contribution in [-0.4, -0.2) is 31.4 Å². The molecule has 1 N–H and O–H groups in total. The van der Waals surface area contributed by atoms with Gasteiger partial charge in [0, 0.05) is 37.4 Å². The van der Waals surface area contributed by atoms with Crippen LogP contribution in [0.5, 0.6) is 0 Å². The maximum atomic E-state index is 12.8. The molecular formula is C19H28N2O2. The Labute approximate surface area is 138 Å². The number of piperidine rings is 1. The first kappa shape index (κ1) is 15.4. The molecule has 2 unspecified atom stereocenters. The molecule has 3 aliphatic rings. The molecule has 126 valence electrons. The van der Waals surface area contributed by atoms with Crippen LogP contribution < -0.4 is 10.9 Å². The summed E-state index contributed by atoms with van der Waals surface area (Å²) in [7, 11) is 1.78. The highest BCUT2D eigenvalue weighted by atomic mass is 16.5. The third kappa shape index (κ3) is 2.66. The number of nitrogens with one attached hydrogen (secondary N) is 1. The summed E-state index contributed by atoms with van der Waals surface area (Å²) < 4.78 is 7.63. The predicted molar refractivity (Wildman–Crippen MR) is 91.1 cm³/mol. The van der Waals surface area contributed by atoms with Crippen LogP contribution in [0.2, 0.25) is 0 Å². The molecule has 23 heavy (non-hydrogen) atoms. The molecule has 4 nitrogen and oxygen atoms in total. The highest BCUT2D eigenvalue weighted by molar-refractivity contribution is 5.31. The molecule has 1 saturated carbocycles. The topological polar surface area (TPSA) is 43.3 Å². The molecule has 0 spiro atoms. The zero-order valence-electron chi connectivity index (χ0n) is 14.1. The quantitative estimate of drug-likeness (QED) is 0.931. The molecule has 4 rings (SSSR count). The molecule has 1 saturated heterocycles. The van der Waals surface area contributed by atoms with Crippen molar-refractivity contribution in [2.24, 2.45) is 5.92 Å². The summed E-state index contributed by atoms with van der Waals surface area (Å²) in [5.74, 6) is 1.13. The van der Waals surface area contributed by atoms with Crippen LogP contribution in [-0.2, 0) is 16.7 Å². The highest BCUT2D eigenvalue weighted by Crippen LogP contribution is 2.40. The fraction of sp³-hybridized carbons (Fsp3) is 0.737. The van der Waals surface area contributed by atoms with Gasteiger partial charge in [-0.25, -0.2) is 0 Å². The van der Waals surface area contributed by atoms with Crippen molar-refractivity contribution in [1.82, 2.24) is 9.88 Å². The molecule has 4 heteroatoms. The van der Waals surface area contributed by atoms with Crippen molar-refractivity contribution in [3.8, 4) is 0 Å². The summed E-state index contributed by atoms with van der Waals surface area (Å²) in [5, 5.41) is 3.58. The van der Waals surface area contributed by atoms with E-state index >= 15 is 0 Å². The molecule has 2 fully saturated rings. The summed E-state index contributed by atoms with van der Waals surface area (Å²) in [6.45, 7) is 3.49. The zero-order chi connectivity index (χ0) is 15.9. The molecule has 2 atom stereocenters. The average Bonchev–Trinajstić information content (AvgIpc) is 2.57. The molecule has 0 amide bonds. The fourth-order valence-corrected chi connectivity index (χ4v) is 5.17. The monoisotopic (exact) mass is 316 g/mol. The van der Waals surface area contributed by atoms with Gasteiger partial charge in [0.05, 0.1) is 6.61 Å². The van der Waals surface area contributed by atoms with Gasteiger partial charge in [-0.15, -0.1) is 0 Å². The van der Waals surface area contributed by atoms with Gasteiger partial charge in [-0.2, -0.15) is 0 Å². The van der Waals surface area contributed by atoms with Gasteiger partial charge in [0.15, 0.2) is 0 Å². The largest absolute Gasteiger partial charge is 0.384 e. The summed E-state index contributed by atoms with van der Waals surface area (Å²) in [5.41, 5.74) is 2.67. The predicted octanol–water partition coefficient (Wildman–Crippen LogP) is 2.40. The van der Waals surface area contributed by atoms with Gasteiger partial charge >= 0.3 is 0 Å². The van der Waals surface area contributed by atoms with E-state index in [1.54, 1.807) is 7.11 Å². The lowest BCUT2D eigenvalue weighted by molar-refractivity contribution is 0.0686. The summed E-state index contributed by atoms with van der Waals surface area (Å²) in [4.78, 5) is 12.8. The molecule has 3 heterocycles. The van der Waals surface area contributed by atoms with E-state index in [1.807, 2.05) is 10.6 Å². The van der Waals surface area contributed by atoms with Crippen molar-refractivity contribution in [1.29, 1.82) is 0 Å². The minimum Gasteiger partial charge on any atom is -0.384 e. The van der Waals surface area contributed by atoms with E-state index in [4.69, 9.17) is 4.74 Å². The summed E-state index contributed by atoms with van der Waals surface area (Å²) in [6.07, 6.45) is 7.56. The second-order valence-electron chi connectivity index (χ2n) is 7.87. The van der Waals surface area contributed by atoms with E-state index in [0.717, 1.165) is 26.1 Å². The van der Waals surface area contributed by atoms with E-state index in [-0.39, 0.29) is 11.0 Å². The van der Waals surface area contributed by atoms with Crippen LogP contribution in [0.25, 0.3) is 0 Å². The highest BCUT2D eigenvalue weighted by Gasteiger charge is 2.44. The Morgan fingerprint density at radius 1 is 1.30 bits per heavy atom. The number of ether oxygens (including phenoxy) is 1. The van der Waals surface area contributed by atoms with Gasteiger partial charge in [0.1, 0.15) is 0 Å². The molecule has 0 radical (unpaired) electrons. The first-order valence-electron chi connectivity index (χ1n) is 9.17. The average molecular weight is 316 g/mol. The Balaban J connectivity index is 1.79. The number of methoxy groups -OCH3 is 1. The van der Waals surface area contributed by atoms with E-state index in [1.165, 1.54) is 43.4 Å². The van der Waals surface area contributed by atoms with Gasteiger partial charge < -0.3 is 14.6 Å².